The third-order valence-electron chi connectivity index (χ3n) is 3.69. The van der Waals surface area contributed by atoms with Crippen LogP contribution in [0.2, 0.25) is 0 Å². The van der Waals surface area contributed by atoms with E-state index in [4.69, 9.17) is 15.1 Å². The van der Waals surface area contributed by atoms with E-state index in [0.29, 0.717) is 29.8 Å². The topological polar surface area (TPSA) is 137 Å². The van der Waals surface area contributed by atoms with Crippen LogP contribution in [0.15, 0.2) is 30.6 Å². The molecule has 0 saturated carbocycles. The Hall–Kier alpha value is -3.67. The van der Waals surface area contributed by atoms with Crippen LogP contribution in [0.25, 0.3) is 0 Å². The van der Waals surface area contributed by atoms with E-state index in [-0.39, 0.29) is 6.01 Å². The van der Waals surface area contributed by atoms with Gasteiger partial charge in [0.1, 0.15) is 11.8 Å². The number of nitrogens with one attached hydrogen (secondary N) is 2. The number of hydrogen-bond donors (Lipinski definition) is 3. The van der Waals surface area contributed by atoms with E-state index in [2.05, 4.69) is 26.7 Å². The zero-order chi connectivity index (χ0) is 19.8. The fraction of sp³-hybridized carbons (Fsp3) is 0.278. The Kier molecular flexibility index (Phi) is 6.66. The molecule has 0 radical (unpaired) electrons. The summed E-state index contributed by atoms with van der Waals surface area (Å²) in [7, 11) is 0. The Morgan fingerprint density at radius 2 is 2.00 bits per heavy atom. The third kappa shape index (κ3) is 5.40. The van der Waals surface area contributed by atoms with Crippen LogP contribution in [-0.4, -0.2) is 33.1 Å². The predicted molar refractivity (Wildman–Crippen MR) is 96.5 cm³/mol. The maximum absolute atomic E-state index is 12.0. The molecular weight excluding hydrogens is 350 g/mol. The predicted octanol–water partition coefficient (Wildman–Crippen LogP) is 2.69. The van der Waals surface area contributed by atoms with Crippen molar-refractivity contribution in [3.63, 3.8) is 0 Å². The summed E-state index contributed by atoms with van der Waals surface area (Å²) < 4.78 is 5.65. The maximum Gasteiger partial charge on any atom is 0.405 e. The summed E-state index contributed by atoms with van der Waals surface area (Å²) in [6.07, 6.45) is 2.43. The largest absolute Gasteiger partial charge is 0.465 e. The number of ether oxygens (including phenoxy) is 1. The van der Waals surface area contributed by atoms with Gasteiger partial charge in [-0.25, -0.2) is 14.8 Å². The lowest BCUT2D eigenvalue weighted by molar-refractivity contribution is -0.118. The van der Waals surface area contributed by atoms with Crippen molar-refractivity contribution >= 4 is 17.7 Å². The van der Waals surface area contributed by atoms with Gasteiger partial charge >= 0.3 is 12.1 Å². The number of hydrogen-bond acceptors (Lipinski definition) is 6. The fourth-order valence-corrected chi connectivity index (χ4v) is 2.29. The summed E-state index contributed by atoms with van der Waals surface area (Å²) >= 11 is 0. The minimum atomic E-state index is -1.27. The molecule has 27 heavy (non-hydrogen) atoms. The smallest absolute Gasteiger partial charge is 0.405 e. The molecule has 2 aromatic rings. The first-order valence-corrected chi connectivity index (χ1v) is 8.30. The quantitative estimate of drug-likeness (QED) is 0.682. The van der Waals surface area contributed by atoms with Crippen LogP contribution in [0.4, 0.5) is 10.5 Å². The number of aromatic nitrogens is 2. The maximum atomic E-state index is 12.0. The van der Waals surface area contributed by atoms with Crippen LogP contribution in [0.5, 0.6) is 11.8 Å². The van der Waals surface area contributed by atoms with E-state index >= 15 is 0 Å². The summed E-state index contributed by atoms with van der Waals surface area (Å²) in [5.41, 5.74) is 1.70. The van der Waals surface area contributed by atoms with E-state index in [1.54, 1.807) is 25.1 Å². The van der Waals surface area contributed by atoms with Gasteiger partial charge in [-0.1, -0.05) is 13.8 Å². The molecule has 0 unspecified atom stereocenters. The minimum Gasteiger partial charge on any atom is -0.465 e. The average Bonchev–Trinajstić information content (AvgIpc) is 2.67. The normalized spacial score (nSPS) is 11.1. The van der Waals surface area contributed by atoms with Crippen LogP contribution >= 0.6 is 0 Å². The number of carbonyl (C=O) groups excluding carboxylic acids is 1. The summed E-state index contributed by atoms with van der Waals surface area (Å²) in [5.74, 6) is 0.0440. The number of nitrogens with zero attached hydrogens (tertiary/aromatic N) is 3. The average molecular weight is 369 g/mol. The van der Waals surface area contributed by atoms with Crippen molar-refractivity contribution in [2.75, 3.05) is 5.32 Å². The summed E-state index contributed by atoms with van der Waals surface area (Å²) in [4.78, 5) is 30.8. The molecule has 0 saturated heterocycles. The lowest BCUT2D eigenvalue weighted by atomic mass is 10.1. The highest BCUT2D eigenvalue weighted by Gasteiger charge is 2.18. The zero-order valence-corrected chi connectivity index (χ0v) is 14.9. The Labute approximate surface area is 156 Å². The molecule has 9 nitrogen and oxygen atoms in total. The number of rotatable bonds is 7. The second-order valence-electron chi connectivity index (χ2n) is 5.54. The highest BCUT2D eigenvalue weighted by Crippen LogP contribution is 2.24. The molecule has 2 rings (SSSR count). The van der Waals surface area contributed by atoms with Crippen molar-refractivity contribution in [1.29, 1.82) is 5.26 Å². The monoisotopic (exact) mass is 369 g/mol. The second-order valence-corrected chi connectivity index (χ2v) is 5.54. The van der Waals surface area contributed by atoms with Gasteiger partial charge in [0, 0.05) is 0 Å². The summed E-state index contributed by atoms with van der Waals surface area (Å²) in [5, 5.41) is 22.4. The number of benzene rings is 1. The Morgan fingerprint density at radius 1 is 1.30 bits per heavy atom. The Morgan fingerprint density at radius 3 is 2.56 bits per heavy atom. The molecule has 140 valence electrons. The molecule has 0 bridgehead atoms. The number of aryl methyl sites for hydroxylation is 1. The molecule has 1 atom stereocenters. The molecule has 2 amide bonds. The van der Waals surface area contributed by atoms with Gasteiger partial charge in [0.2, 0.25) is 5.91 Å². The van der Waals surface area contributed by atoms with E-state index < -0.39 is 18.0 Å². The first kappa shape index (κ1) is 19.7. The number of nitriles is 1. The summed E-state index contributed by atoms with van der Waals surface area (Å²) in [6, 6.07) is 6.35. The van der Waals surface area contributed by atoms with E-state index in [9.17, 15) is 9.59 Å². The molecule has 0 aliphatic carbocycles. The molecule has 0 spiro atoms. The number of amides is 2. The lowest BCUT2D eigenvalue weighted by Crippen LogP contribution is -2.42. The van der Waals surface area contributed by atoms with Gasteiger partial charge in [0.05, 0.1) is 29.7 Å². The molecule has 0 fully saturated rings. The molecule has 9 heteroatoms. The van der Waals surface area contributed by atoms with Gasteiger partial charge in [-0.2, -0.15) is 5.26 Å². The highest BCUT2D eigenvalue weighted by molar-refractivity contribution is 5.96. The van der Waals surface area contributed by atoms with E-state index in [1.807, 2.05) is 6.92 Å². The zero-order valence-electron chi connectivity index (χ0n) is 14.9. The van der Waals surface area contributed by atoms with Crippen LogP contribution in [0.3, 0.4) is 0 Å². The third-order valence-corrected chi connectivity index (χ3v) is 3.69. The fourth-order valence-electron chi connectivity index (χ4n) is 2.29. The van der Waals surface area contributed by atoms with Gasteiger partial charge in [-0.15, -0.1) is 0 Å². The first-order chi connectivity index (χ1) is 13.0. The van der Waals surface area contributed by atoms with Gasteiger partial charge in [0.25, 0.3) is 0 Å². The second kappa shape index (κ2) is 9.15. The molecule has 1 heterocycles. The molecular formula is C18H19N5O4. The van der Waals surface area contributed by atoms with Gasteiger partial charge in [-0.05, 0) is 36.6 Å². The molecule has 1 aromatic carbocycles. The van der Waals surface area contributed by atoms with Crippen molar-refractivity contribution in [3.05, 3.63) is 41.7 Å². The van der Waals surface area contributed by atoms with Crippen molar-refractivity contribution in [2.24, 2.45) is 0 Å². The van der Waals surface area contributed by atoms with Gasteiger partial charge in [-0.3, -0.25) is 4.79 Å². The minimum absolute atomic E-state index is 0.0862. The van der Waals surface area contributed by atoms with Gasteiger partial charge in [0.15, 0.2) is 0 Å². The molecule has 1 aromatic heterocycles. The van der Waals surface area contributed by atoms with Crippen molar-refractivity contribution in [1.82, 2.24) is 15.3 Å². The molecule has 0 aliphatic rings. The number of carbonyl (C=O) groups is 2. The van der Waals surface area contributed by atoms with Crippen LogP contribution in [0.1, 0.15) is 31.4 Å². The van der Waals surface area contributed by atoms with Crippen LogP contribution < -0.4 is 15.4 Å². The summed E-state index contributed by atoms with van der Waals surface area (Å²) in [6.45, 7) is 3.63. The van der Waals surface area contributed by atoms with Crippen molar-refractivity contribution in [3.8, 4) is 17.8 Å². The van der Waals surface area contributed by atoms with Crippen molar-refractivity contribution < 1.29 is 19.4 Å². The van der Waals surface area contributed by atoms with E-state index in [0.717, 1.165) is 5.56 Å². The standard InChI is InChI=1S/C18H19N5O4/c1-3-12-7-11(8-19)5-6-15(12)27-17-20-9-13(10-21-17)22-16(24)14(4-2)23-18(25)26/h5-7,9-10,14,23H,3-4H2,1-2H3,(H,22,24)(H,25,26)/t14-/m1/s1. The lowest BCUT2D eigenvalue weighted by Gasteiger charge is -2.14. The number of anilines is 1. The first-order valence-electron chi connectivity index (χ1n) is 8.30. The van der Waals surface area contributed by atoms with Crippen molar-refractivity contribution in [2.45, 2.75) is 32.7 Å². The SMILES string of the molecule is CCc1cc(C#N)ccc1Oc1ncc(NC(=O)[C@@H](CC)NC(=O)O)cn1. The van der Waals surface area contributed by atoms with Crippen LogP contribution in [-0.2, 0) is 11.2 Å². The number of carboxylic acid groups (broad SMARTS) is 1. The Balaban J connectivity index is 2.06. The van der Waals surface area contributed by atoms with Crippen LogP contribution in [0, 0.1) is 11.3 Å². The Bertz CT molecular complexity index is 861. The molecule has 3 N–H and O–H groups in total. The molecule has 0 aliphatic heterocycles. The van der Waals surface area contributed by atoms with Gasteiger partial charge < -0.3 is 20.5 Å². The van der Waals surface area contributed by atoms with E-state index in [1.165, 1.54) is 12.4 Å². The highest BCUT2D eigenvalue weighted by atomic mass is 16.5.